The minimum atomic E-state index is -0.183. The van der Waals surface area contributed by atoms with Crippen LogP contribution in [0.2, 0.25) is 5.02 Å². The maximum atomic E-state index is 12.1. The van der Waals surface area contributed by atoms with Gasteiger partial charge in [0.1, 0.15) is 12.4 Å². The molecule has 0 unspecified atom stereocenters. The number of benzene rings is 3. The van der Waals surface area contributed by atoms with E-state index in [1.165, 1.54) is 5.56 Å². The van der Waals surface area contributed by atoms with Crippen LogP contribution in [-0.2, 0) is 16.8 Å². The van der Waals surface area contributed by atoms with Crippen molar-refractivity contribution in [2.75, 3.05) is 13.7 Å². The number of hydrogen-bond acceptors (Lipinski definition) is 5. The molecule has 0 saturated heterocycles. The maximum Gasteiger partial charge on any atom is 0.240 e. The molecule has 1 N–H and O–H groups in total. The first kappa shape index (κ1) is 28.5. The number of nitrogens with zero attached hydrogens (tertiary/aromatic N) is 1. The summed E-state index contributed by atoms with van der Waals surface area (Å²) in [6, 6.07) is 19.0. The fraction of sp³-hybridized carbons (Fsp3) is 0.310. The summed E-state index contributed by atoms with van der Waals surface area (Å²) < 4.78 is 18.0. The molecule has 3 rings (SSSR count). The van der Waals surface area contributed by atoms with Crippen molar-refractivity contribution in [1.29, 1.82) is 0 Å². The van der Waals surface area contributed by atoms with Crippen molar-refractivity contribution < 1.29 is 19.0 Å². The lowest BCUT2D eigenvalue weighted by molar-refractivity contribution is -0.121. The molecule has 0 aromatic heterocycles. The van der Waals surface area contributed by atoms with Crippen molar-refractivity contribution in [3.8, 4) is 17.2 Å². The molecule has 3 aromatic carbocycles. The first-order valence-corrected chi connectivity index (χ1v) is 13.1. The van der Waals surface area contributed by atoms with E-state index in [-0.39, 0.29) is 11.3 Å². The number of carbonyl (C=O) groups is 1. The van der Waals surface area contributed by atoms with Crippen molar-refractivity contribution in [2.45, 2.75) is 45.6 Å². The van der Waals surface area contributed by atoms with E-state index < -0.39 is 0 Å². The second-order valence-corrected chi connectivity index (χ2v) is 10.8. The minimum Gasteiger partial charge on any atom is -0.493 e. The Morgan fingerprint density at radius 2 is 1.73 bits per heavy atom. The number of hydrogen-bond donors (Lipinski definition) is 1. The van der Waals surface area contributed by atoms with Gasteiger partial charge in [-0.05, 0) is 86.9 Å². The van der Waals surface area contributed by atoms with E-state index in [9.17, 15) is 4.79 Å². The van der Waals surface area contributed by atoms with Gasteiger partial charge in [0.2, 0.25) is 5.91 Å². The lowest BCUT2D eigenvalue weighted by Crippen LogP contribution is -2.18. The lowest BCUT2D eigenvalue weighted by Gasteiger charge is -2.20. The number of amides is 1. The Labute approximate surface area is 232 Å². The molecule has 0 aliphatic rings. The molecule has 8 heteroatoms. The number of carbonyl (C=O) groups excluding carboxylic acids is 1. The van der Waals surface area contributed by atoms with E-state index in [0.29, 0.717) is 42.6 Å². The number of hydrazone groups is 1. The molecule has 0 aliphatic heterocycles. The number of ether oxygens (including phenoxy) is 3. The number of nitrogens with one attached hydrogen (secondary N) is 1. The predicted molar refractivity (Wildman–Crippen MR) is 152 cm³/mol. The second-order valence-electron chi connectivity index (χ2n) is 9.47. The molecule has 0 aliphatic carbocycles. The van der Waals surface area contributed by atoms with Crippen molar-refractivity contribution in [3.05, 3.63) is 86.8 Å². The van der Waals surface area contributed by atoms with Gasteiger partial charge in [0, 0.05) is 11.4 Å². The summed E-state index contributed by atoms with van der Waals surface area (Å²) in [5, 5.41) is 4.73. The summed E-state index contributed by atoms with van der Waals surface area (Å²) in [7, 11) is 1.58. The molecule has 196 valence electrons. The van der Waals surface area contributed by atoms with E-state index in [1.54, 1.807) is 25.5 Å². The van der Waals surface area contributed by atoms with Crippen molar-refractivity contribution in [1.82, 2.24) is 5.43 Å². The highest BCUT2D eigenvalue weighted by atomic mass is 79.9. The van der Waals surface area contributed by atoms with Gasteiger partial charge in [-0.1, -0.05) is 50.6 Å². The summed E-state index contributed by atoms with van der Waals surface area (Å²) >= 11 is 9.49. The highest BCUT2D eigenvalue weighted by molar-refractivity contribution is 9.10. The van der Waals surface area contributed by atoms with Crippen LogP contribution in [0, 0.1) is 0 Å². The molecule has 6 nitrogen and oxygen atoms in total. The zero-order chi connectivity index (χ0) is 26.8. The average molecular weight is 588 g/mol. The molecular formula is C29H32BrClN2O4. The Balaban J connectivity index is 1.42. The topological polar surface area (TPSA) is 69.2 Å². The van der Waals surface area contributed by atoms with Crippen molar-refractivity contribution >= 4 is 39.7 Å². The van der Waals surface area contributed by atoms with Gasteiger partial charge in [-0.25, -0.2) is 5.43 Å². The third-order valence-corrected chi connectivity index (χ3v) is 6.37. The van der Waals surface area contributed by atoms with Crippen LogP contribution in [0.5, 0.6) is 17.2 Å². The summed E-state index contributed by atoms with van der Waals surface area (Å²) in [6.07, 6.45) is 2.44. The third-order valence-electron chi connectivity index (χ3n) is 5.50. The molecule has 0 fully saturated rings. The van der Waals surface area contributed by atoms with Gasteiger partial charge in [0.05, 0.1) is 24.4 Å². The zero-order valence-corrected chi connectivity index (χ0v) is 23.9. The van der Waals surface area contributed by atoms with Crippen molar-refractivity contribution in [2.24, 2.45) is 5.10 Å². The van der Waals surface area contributed by atoms with E-state index in [0.717, 1.165) is 21.3 Å². The van der Waals surface area contributed by atoms with Gasteiger partial charge < -0.3 is 14.2 Å². The smallest absolute Gasteiger partial charge is 0.240 e. The van der Waals surface area contributed by atoms with E-state index in [4.69, 9.17) is 25.8 Å². The van der Waals surface area contributed by atoms with Crippen LogP contribution < -0.4 is 19.6 Å². The molecule has 0 atom stereocenters. The number of methoxy groups -OCH3 is 1. The van der Waals surface area contributed by atoms with E-state index in [1.807, 2.05) is 36.4 Å². The molecule has 0 spiro atoms. The van der Waals surface area contributed by atoms with Gasteiger partial charge in [-0.3, -0.25) is 4.79 Å². The molecule has 0 heterocycles. The normalized spacial score (nSPS) is 11.4. The zero-order valence-electron chi connectivity index (χ0n) is 21.5. The number of halogens is 2. The van der Waals surface area contributed by atoms with Gasteiger partial charge in [0.25, 0.3) is 0 Å². The van der Waals surface area contributed by atoms with Crippen LogP contribution in [0.25, 0.3) is 0 Å². The molecule has 0 saturated carbocycles. The minimum absolute atomic E-state index is 0.0681. The highest BCUT2D eigenvalue weighted by Crippen LogP contribution is 2.32. The van der Waals surface area contributed by atoms with Gasteiger partial charge in [-0.15, -0.1) is 0 Å². The molecule has 1 amide bonds. The van der Waals surface area contributed by atoms with Crippen LogP contribution in [-0.4, -0.2) is 25.8 Å². The van der Waals surface area contributed by atoms with Crippen molar-refractivity contribution in [3.63, 3.8) is 0 Å². The predicted octanol–water partition coefficient (Wildman–Crippen LogP) is 7.30. The monoisotopic (exact) mass is 586 g/mol. The standard InChI is InChI=1S/C29H32BrClN2O4/c1-29(2,3)22-10-14-25(24(30)17-22)36-15-5-6-28(34)33-32-18-21-9-13-26(27(16-21)35-4)37-19-20-7-11-23(31)12-8-20/h7-14,16-18H,5-6,15,19H2,1-4H3,(H,33,34)/b32-18+. The SMILES string of the molecule is COc1cc(/C=N/NC(=O)CCCOc2ccc(C(C)(C)C)cc2Br)ccc1OCc1ccc(Cl)cc1. The Morgan fingerprint density at radius 1 is 1.00 bits per heavy atom. The Kier molecular flexibility index (Phi) is 10.4. The molecule has 37 heavy (non-hydrogen) atoms. The summed E-state index contributed by atoms with van der Waals surface area (Å²) in [5.41, 5.74) is 5.61. The lowest BCUT2D eigenvalue weighted by atomic mass is 9.87. The molecule has 0 bridgehead atoms. The largest absolute Gasteiger partial charge is 0.493 e. The van der Waals surface area contributed by atoms with Gasteiger partial charge >= 0.3 is 0 Å². The maximum absolute atomic E-state index is 12.1. The van der Waals surface area contributed by atoms with Crippen LogP contribution in [0.1, 0.15) is 50.3 Å². The fourth-order valence-electron chi connectivity index (χ4n) is 3.36. The van der Waals surface area contributed by atoms with Crippen LogP contribution in [0.15, 0.2) is 70.2 Å². The Morgan fingerprint density at radius 3 is 2.41 bits per heavy atom. The van der Waals surface area contributed by atoms with Crippen LogP contribution >= 0.6 is 27.5 Å². The Hall–Kier alpha value is -3.03. The second kappa shape index (κ2) is 13.5. The first-order valence-electron chi connectivity index (χ1n) is 12.0. The molecule has 0 radical (unpaired) electrons. The summed E-state index contributed by atoms with van der Waals surface area (Å²) in [6.45, 7) is 7.32. The molecular weight excluding hydrogens is 556 g/mol. The third kappa shape index (κ3) is 9.09. The highest BCUT2D eigenvalue weighted by Gasteiger charge is 2.15. The van der Waals surface area contributed by atoms with Crippen LogP contribution in [0.4, 0.5) is 0 Å². The molecule has 3 aromatic rings. The van der Waals surface area contributed by atoms with E-state index >= 15 is 0 Å². The van der Waals surface area contributed by atoms with E-state index in [2.05, 4.69) is 59.4 Å². The van der Waals surface area contributed by atoms with Crippen LogP contribution in [0.3, 0.4) is 0 Å². The average Bonchev–Trinajstić information content (AvgIpc) is 2.86. The first-order chi connectivity index (χ1) is 17.7. The van der Waals surface area contributed by atoms with Gasteiger partial charge in [0.15, 0.2) is 11.5 Å². The fourth-order valence-corrected chi connectivity index (χ4v) is 3.98. The number of rotatable bonds is 11. The summed E-state index contributed by atoms with van der Waals surface area (Å²) in [5.74, 6) is 1.76. The van der Waals surface area contributed by atoms with Gasteiger partial charge in [-0.2, -0.15) is 5.10 Å². The quantitative estimate of drug-likeness (QED) is 0.145. The Bertz CT molecular complexity index is 1220. The summed E-state index contributed by atoms with van der Waals surface area (Å²) in [4.78, 5) is 12.1.